The number of fused-ring (bicyclic) bond motifs is 1. The van der Waals surface area contributed by atoms with Gasteiger partial charge in [-0.15, -0.1) is 0 Å². The number of para-hydroxylation sites is 2. The van der Waals surface area contributed by atoms with E-state index >= 15 is 0 Å². The second-order valence-corrected chi connectivity index (χ2v) is 6.96. The monoisotopic (exact) mass is 372 g/mol. The highest BCUT2D eigenvalue weighted by Crippen LogP contribution is 2.35. The Morgan fingerprint density at radius 3 is 1.72 bits per heavy atom. The van der Waals surface area contributed by atoms with E-state index in [0.29, 0.717) is 0 Å². The first-order valence-electron chi connectivity index (χ1n) is 9.74. The molecule has 0 fully saturated rings. The number of nitrogens with zero attached hydrogens (tertiary/aromatic N) is 2. The van der Waals surface area contributed by atoms with E-state index in [9.17, 15) is 0 Å². The Bertz CT molecular complexity index is 1190. The number of benzene rings is 4. The molecule has 0 amide bonds. The van der Waals surface area contributed by atoms with Crippen LogP contribution >= 0.6 is 0 Å². The maximum Gasteiger partial charge on any atom is 0.0702 e. The van der Waals surface area contributed by atoms with Gasteiger partial charge in [0.05, 0.1) is 5.52 Å². The van der Waals surface area contributed by atoms with Gasteiger partial charge in [0.2, 0.25) is 0 Å². The summed E-state index contributed by atoms with van der Waals surface area (Å²) >= 11 is 0. The average molecular weight is 372 g/mol. The van der Waals surface area contributed by atoms with Crippen LogP contribution in [-0.4, -0.2) is 4.98 Å². The predicted molar refractivity (Wildman–Crippen MR) is 122 cm³/mol. The zero-order valence-electron chi connectivity index (χ0n) is 15.9. The lowest BCUT2D eigenvalue weighted by Gasteiger charge is -2.25. The van der Waals surface area contributed by atoms with Crippen molar-refractivity contribution in [1.82, 2.24) is 4.98 Å². The van der Waals surface area contributed by atoms with E-state index in [2.05, 4.69) is 107 Å². The molecule has 0 saturated carbocycles. The van der Waals surface area contributed by atoms with Crippen LogP contribution in [0.3, 0.4) is 0 Å². The molecule has 0 aliphatic heterocycles. The molecule has 0 radical (unpaired) electrons. The standard InChI is InChI=1S/C27H20N2/c1-3-9-24(10-4-1)29(25-11-5-2-6-12-25)26-16-13-21(14-17-26)22-15-18-27-23(20-22)8-7-19-28-27/h1-20H. The number of anilines is 3. The van der Waals surface area contributed by atoms with Crippen LogP contribution in [0.4, 0.5) is 17.1 Å². The molecule has 0 spiro atoms. The maximum absolute atomic E-state index is 4.41. The van der Waals surface area contributed by atoms with E-state index in [1.807, 2.05) is 24.4 Å². The normalized spacial score (nSPS) is 10.8. The summed E-state index contributed by atoms with van der Waals surface area (Å²) in [6.45, 7) is 0. The van der Waals surface area contributed by atoms with Crippen molar-refractivity contribution >= 4 is 28.0 Å². The van der Waals surface area contributed by atoms with Gasteiger partial charge in [0.25, 0.3) is 0 Å². The van der Waals surface area contributed by atoms with E-state index in [1.54, 1.807) is 0 Å². The van der Waals surface area contributed by atoms with Gasteiger partial charge in [0.1, 0.15) is 0 Å². The Morgan fingerprint density at radius 1 is 0.483 bits per heavy atom. The number of hydrogen-bond donors (Lipinski definition) is 0. The summed E-state index contributed by atoms with van der Waals surface area (Å²) in [5.41, 5.74) is 6.83. The molecule has 0 saturated heterocycles. The van der Waals surface area contributed by atoms with Crippen LogP contribution in [0.15, 0.2) is 121 Å². The Kier molecular flexibility index (Phi) is 4.51. The fraction of sp³-hybridized carbons (Fsp3) is 0. The molecule has 138 valence electrons. The SMILES string of the molecule is c1ccc(N(c2ccccc2)c2ccc(-c3ccc4ncccc4c3)cc2)cc1. The number of aromatic nitrogens is 1. The third-order valence-corrected chi connectivity index (χ3v) is 5.09. The van der Waals surface area contributed by atoms with Crippen molar-refractivity contribution in [2.24, 2.45) is 0 Å². The molecule has 5 rings (SSSR count). The van der Waals surface area contributed by atoms with Gasteiger partial charge < -0.3 is 4.90 Å². The van der Waals surface area contributed by atoms with Gasteiger partial charge >= 0.3 is 0 Å². The molecule has 0 N–H and O–H groups in total. The Morgan fingerprint density at radius 2 is 1.07 bits per heavy atom. The molecule has 0 aliphatic carbocycles. The van der Waals surface area contributed by atoms with E-state index in [-0.39, 0.29) is 0 Å². The topological polar surface area (TPSA) is 16.1 Å². The van der Waals surface area contributed by atoms with Gasteiger partial charge in [-0.3, -0.25) is 4.98 Å². The van der Waals surface area contributed by atoms with E-state index in [4.69, 9.17) is 0 Å². The molecular formula is C27H20N2. The van der Waals surface area contributed by atoms with Crippen molar-refractivity contribution in [1.29, 1.82) is 0 Å². The first kappa shape index (κ1) is 17.2. The lowest BCUT2D eigenvalue weighted by Crippen LogP contribution is -2.09. The van der Waals surface area contributed by atoms with Crippen molar-refractivity contribution in [3.63, 3.8) is 0 Å². The minimum atomic E-state index is 1.02. The quantitative estimate of drug-likeness (QED) is 0.327. The zero-order chi connectivity index (χ0) is 19.5. The van der Waals surface area contributed by atoms with Crippen molar-refractivity contribution in [2.75, 3.05) is 4.90 Å². The Hall–Kier alpha value is -3.91. The molecule has 29 heavy (non-hydrogen) atoms. The lowest BCUT2D eigenvalue weighted by atomic mass is 10.0. The highest BCUT2D eigenvalue weighted by molar-refractivity contribution is 5.85. The fourth-order valence-corrected chi connectivity index (χ4v) is 3.66. The van der Waals surface area contributed by atoms with Crippen LogP contribution in [0.1, 0.15) is 0 Å². The van der Waals surface area contributed by atoms with Crippen molar-refractivity contribution in [3.8, 4) is 11.1 Å². The van der Waals surface area contributed by atoms with Gasteiger partial charge in [-0.25, -0.2) is 0 Å². The van der Waals surface area contributed by atoms with Crippen LogP contribution in [0, 0.1) is 0 Å². The summed E-state index contributed by atoms with van der Waals surface area (Å²) < 4.78 is 0. The first-order chi connectivity index (χ1) is 14.4. The summed E-state index contributed by atoms with van der Waals surface area (Å²) in [6, 6.07) is 40.2. The van der Waals surface area contributed by atoms with E-state index in [0.717, 1.165) is 28.0 Å². The van der Waals surface area contributed by atoms with Crippen molar-refractivity contribution in [2.45, 2.75) is 0 Å². The van der Waals surface area contributed by atoms with Crippen LogP contribution < -0.4 is 4.90 Å². The van der Waals surface area contributed by atoms with Crippen molar-refractivity contribution in [3.05, 3.63) is 121 Å². The molecule has 1 heterocycles. The van der Waals surface area contributed by atoms with Crippen LogP contribution in [-0.2, 0) is 0 Å². The Balaban J connectivity index is 1.54. The minimum Gasteiger partial charge on any atom is -0.311 e. The highest BCUT2D eigenvalue weighted by atomic mass is 15.1. The fourth-order valence-electron chi connectivity index (χ4n) is 3.66. The van der Waals surface area contributed by atoms with Gasteiger partial charge in [0, 0.05) is 28.6 Å². The van der Waals surface area contributed by atoms with Gasteiger partial charge in [-0.05, 0) is 65.7 Å². The zero-order valence-corrected chi connectivity index (χ0v) is 15.9. The minimum absolute atomic E-state index is 1.02. The second-order valence-electron chi connectivity index (χ2n) is 6.96. The van der Waals surface area contributed by atoms with Gasteiger partial charge in [-0.1, -0.05) is 60.7 Å². The third kappa shape index (κ3) is 3.48. The first-order valence-corrected chi connectivity index (χ1v) is 9.74. The number of rotatable bonds is 4. The lowest BCUT2D eigenvalue weighted by molar-refractivity contribution is 1.28. The van der Waals surface area contributed by atoms with E-state index in [1.165, 1.54) is 11.1 Å². The molecule has 2 heteroatoms. The molecule has 1 aromatic heterocycles. The van der Waals surface area contributed by atoms with Gasteiger partial charge in [-0.2, -0.15) is 0 Å². The molecule has 4 aromatic carbocycles. The van der Waals surface area contributed by atoms with Crippen LogP contribution in [0.2, 0.25) is 0 Å². The molecule has 2 nitrogen and oxygen atoms in total. The predicted octanol–water partition coefficient (Wildman–Crippen LogP) is 7.37. The van der Waals surface area contributed by atoms with Gasteiger partial charge in [0.15, 0.2) is 0 Å². The van der Waals surface area contributed by atoms with E-state index < -0.39 is 0 Å². The van der Waals surface area contributed by atoms with Crippen LogP contribution in [0.5, 0.6) is 0 Å². The van der Waals surface area contributed by atoms with Crippen molar-refractivity contribution < 1.29 is 0 Å². The molecule has 0 unspecified atom stereocenters. The molecule has 0 atom stereocenters. The summed E-state index contributed by atoms with van der Waals surface area (Å²) in [7, 11) is 0. The van der Waals surface area contributed by atoms with Crippen LogP contribution in [0.25, 0.3) is 22.0 Å². The molecule has 5 aromatic rings. The number of hydrogen-bond acceptors (Lipinski definition) is 2. The summed E-state index contributed by atoms with van der Waals surface area (Å²) in [5.74, 6) is 0. The summed E-state index contributed by atoms with van der Waals surface area (Å²) in [5, 5.41) is 1.16. The smallest absolute Gasteiger partial charge is 0.0702 e. The molecule has 0 bridgehead atoms. The number of pyridine rings is 1. The Labute approximate surface area is 170 Å². The third-order valence-electron chi connectivity index (χ3n) is 5.09. The highest BCUT2D eigenvalue weighted by Gasteiger charge is 2.11. The summed E-state index contributed by atoms with van der Waals surface area (Å²) in [6.07, 6.45) is 1.83. The maximum atomic E-state index is 4.41. The molecular weight excluding hydrogens is 352 g/mol. The molecule has 0 aliphatic rings. The summed E-state index contributed by atoms with van der Waals surface area (Å²) in [4.78, 5) is 6.69. The average Bonchev–Trinajstić information content (AvgIpc) is 2.81. The second kappa shape index (κ2) is 7.61. The largest absolute Gasteiger partial charge is 0.311 e.